The quantitative estimate of drug-likeness (QED) is 0.894. The molecular weight excluding hydrogens is 293 g/mol. The molecule has 0 saturated heterocycles. The Kier molecular flexibility index (Phi) is 5.06. The number of benzene rings is 2. The summed E-state index contributed by atoms with van der Waals surface area (Å²) in [5.74, 6) is -0.216. The van der Waals surface area contributed by atoms with Gasteiger partial charge in [0.15, 0.2) is 0 Å². The van der Waals surface area contributed by atoms with Crippen LogP contribution >= 0.6 is 23.2 Å². The molecule has 0 radical (unpaired) electrons. The van der Waals surface area contributed by atoms with Gasteiger partial charge in [-0.3, -0.25) is 0 Å². The number of aliphatic hydroxyl groups is 1. The molecule has 0 fully saturated rings. The van der Waals surface area contributed by atoms with E-state index in [1.54, 1.807) is 12.1 Å². The van der Waals surface area contributed by atoms with E-state index in [1.165, 1.54) is 0 Å². The molecular formula is C16H17Cl2NO. The van der Waals surface area contributed by atoms with Crippen LogP contribution in [0.15, 0.2) is 42.5 Å². The predicted octanol–water partition coefficient (Wildman–Crippen LogP) is 4.08. The first-order valence-electron chi connectivity index (χ1n) is 6.42. The van der Waals surface area contributed by atoms with Gasteiger partial charge in [-0.05, 0) is 47.9 Å². The smallest absolute Gasteiger partial charge is 0.0871 e. The molecule has 4 heteroatoms. The van der Waals surface area contributed by atoms with E-state index in [4.69, 9.17) is 28.9 Å². The van der Waals surface area contributed by atoms with Crippen LogP contribution in [-0.4, -0.2) is 11.7 Å². The summed E-state index contributed by atoms with van der Waals surface area (Å²) in [6.45, 7) is 2.27. The zero-order valence-electron chi connectivity index (χ0n) is 11.2. The van der Waals surface area contributed by atoms with Gasteiger partial charge in [0.05, 0.1) is 6.10 Å². The molecule has 0 bridgehead atoms. The Morgan fingerprint density at radius 1 is 1.05 bits per heavy atom. The molecule has 2 aromatic rings. The van der Waals surface area contributed by atoms with Crippen molar-refractivity contribution in [2.45, 2.75) is 18.9 Å². The summed E-state index contributed by atoms with van der Waals surface area (Å²) >= 11 is 12.1. The van der Waals surface area contributed by atoms with Gasteiger partial charge in [0.25, 0.3) is 0 Å². The van der Waals surface area contributed by atoms with Crippen molar-refractivity contribution >= 4 is 23.2 Å². The van der Waals surface area contributed by atoms with Crippen LogP contribution in [0.1, 0.15) is 28.7 Å². The van der Waals surface area contributed by atoms with E-state index in [0.717, 1.165) is 16.7 Å². The standard InChI is InChI=1S/C16H17Cl2NO/c1-10-5-12(8-14(18)6-10)16(20)15(9-19)11-3-2-4-13(17)7-11/h2-8,15-16,20H,9,19H2,1H3. The van der Waals surface area contributed by atoms with Gasteiger partial charge >= 0.3 is 0 Å². The number of aryl methyl sites for hydroxylation is 1. The molecule has 0 aromatic heterocycles. The summed E-state index contributed by atoms with van der Waals surface area (Å²) in [6.07, 6.45) is -0.712. The lowest BCUT2D eigenvalue weighted by Gasteiger charge is -2.23. The van der Waals surface area contributed by atoms with Crippen LogP contribution in [0.3, 0.4) is 0 Å². The largest absolute Gasteiger partial charge is 0.388 e. The summed E-state index contributed by atoms with van der Waals surface area (Å²) in [7, 11) is 0. The Labute approximate surface area is 129 Å². The first-order chi connectivity index (χ1) is 9.51. The fourth-order valence-corrected chi connectivity index (χ4v) is 2.85. The highest BCUT2D eigenvalue weighted by atomic mass is 35.5. The Balaban J connectivity index is 2.35. The first kappa shape index (κ1) is 15.3. The van der Waals surface area contributed by atoms with Gasteiger partial charge in [-0.15, -0.1) is 0 Å². The number of hydrogen-bond donors (Lipinski definition) is 2. The lowest BCUT2D eigenvalue weighted by atomic mass is 9.89. The van der Waals surface area contributed by atoms with Crippen LogP contribution < -0.4 is 5.73 Å². The van der Waals surface area contributed by atoms with Gasteiger partial charge in [0.2, 0.25) is 0 Å². The minimum absolute atomic E-state index is 0.216. The van der Waals surface area contributed by atoms with E-state index in [0.29, 0.717) is 16.6 Å². The SMILES string of the molecule is Cc1cc(Cl)cc(C(O)C(CN)c2cccc(Cl)c2)c1. The van der Waals surface area contributed by atoms with Gasteiger partial charge < -0.3 is 10.8 Å². The monoisotopic (exact) mass is 309 g/mol. The average molecular weight is 310 g/mol. The van der Waals surface area contributed by atoms with Crippen LogP contribution in [0.2, 0.25) is 10.0 Å². The van der Waals surface area contributed by atoms with E-state index in [2.05, 4.69) is 0 Å². The fraction of sp³-hybridized carbons (Fsp3) is 0.250. The molecule has 2 nitrogen and oxygen atoms in total. The second-order valence-electron chi connectivity index (χ2n) is 4.90. The zero-order chi connectivity index (χ0) is 14.7. The van der Waals surface area contributed by atoms with Crippen LogP contribution in [0.25, 0.3) is 0 Å². The number of aliphatic hydroxyl groups excluding tert-OH is 1. The van der Waals surface area contributed by atoms with Crippen molar-refractivity contribution in [2.24, 2.45) is 5.73 Å². The average Bonchev–Trinajstić information content (AvgIpc) is 2.38. The molecule has 0 saturated carbocycles. The minimum Gasteiger partial charge on any atom is -0.388 e. The topological polar surface area (TPSA) is 46.2 Å². The highest BCUT2D eigenvalue weighted by Crippen LogP contribution is 2.32. The molecule has 2 unspecified atom stereocenters. The summed E-state index contributed by atoms with van der Waals surface area (Å²) in [4.78, 5) is 0. The Morgan fingerprint density at radius 2 is 1.75 bits per heavy atom. The molecule has 2 atom stereocenters. The van der Waals surface area contributed by atoms with E-state index >= 15 is 0 Å². The van der Waals surface area contributed by atoms with E-state index in [1.807, 2.05) is 37.3 Å². The number of rotatable bonds is 4. The minimum atomic E-state index is -0.712. The van der Waals surface area contributed by atoms with E-state index < -0.39 is 6.10 Å². The first-order valence-corrected chi connectivity index (χ1v) is 7.17. The van der Waals surface area contributed by atoms with Gasteiger partial charge in [-0.1, -0.05) is 41.4 Å². The van der Waals surface area contributed by atoms with Crippen molar-refractivity contribution < 1.29 is 5.11 Å². The number of nitrogens with two attached hydrogens (primary N) is 1. The third kappa shape index (κ3) is 3.53. The molecule has 0 heterocycles. The van der Waals surface area contributed by atoms with Crippen molar-refractivity contribution in [1.82, 2.24) is 0 Å². The fourth-order valence-electron chi connectivity index (χ4n) is 2.35. The second-order valence-corrected chi connectivity index (χ2v) is 5.78. The molecule has 0 aliphatic heterocycles. The summed E-state index contributed by atoms with van der Waals surface area (Å²) < 4.78 is 0. The van der Waals surface area contributed by atoms with E-state index in [9.17, 15) is 5.11 Å². The van der Waals surface area contributed by atoms with Gasteiger partial charge in [-0.2, -0.15) is 0 Å². The molecule has 3 N–H and O–H groups in total. The van der Waals surface area contributed by atoms with Crippen molar-refractivity contribution in [2.75, 3.05) is 6.54 Å². The molecule has 0 aliphatic rings. The van der Waals surface area contributed by atoms with Crippen LogP contribution in [0, 0.1) is 6.92 Å². The molecule has 0 spiro atoms. The summed E-state index contributed by atoms with van der Waals surface area (Å²) in [5, 5.41) is 11.8. The van der Waals surface area contributed by atoms with Crippen molar-refractivity contribution in [3.8, 4) is 0 Å². The van der Waals surface area contributed by atoms with Gasteiger partial charge in [0, 0.05) is 22.5 Å². The third-order valence-electron chi connectivity index (χ3n) is 3.32. The van der Waals surface area contributed by atoms with Gasteiger partial charge in [0.1, 0.15) is 0 Å². The maximum atomic E-state index is 10.6. The predicted molar refractivity (Wildman–Crippen MR) is 84.4 cm³/mol. The molecule has 2 aromatic carbocycles. The Hall–Kier alpha value is -1.06. The highest BCUT2D eigenvalue weighted by Gasteiger charge is 2.22. The van der Waals surface area contributed by atoms with Crippen LogP contribution in [0.4, 0.5) is 0 Å². The normalized spacial score (nSPS) is 14.1. The third-order valence-corrected chi connectivity index (χ3v) is 3.77. The maximum absolute atomic E-state index is 10.6. The Bertz CT molecular complexity index is 581. The van der Waals surface area contributed by atoms with Crippen molar-refractivity contribution in [3.05, 3.63) is 69.2 Å². The molecule has 2 rings (SSSR count). The number of halogens is 2. The number of hydrogen-bond acceptors (Lipinski definition) is 2. The molecule has 106 valence electrons. The van der Waals surface area contributed by atoms with Crippen LogP contribution in [-0.2, 0) is 0 Å². The van der Waals surface area contributed by atoms with Crippen LogP contribution in [0.5, 0.6) is 0 Å². The van der Waals surface area contributed by atoms with Gasteiger partial charge in [-0.25, -0.2) is 0 Å². The summed E-state index contributed by atoms with van der Waals surface area (Å²) in [5.41, 5.74) is 8.53. The highest BCUT2D eigenvalue weighted by molar-refractivity contribution is 6.31. The van der Waals surface area contributed by atoms with E-state index in [-0.39, 0.29) is 5.92 Å². The van der Waals surface area contributed by atoms with Crippen molar-refractivity contribution in [3.63, 3.8) is 0 Å². The molecule has 0 aliphatic carbocycles. The maximum Gasteiger partial charge on any atom is 0.0871 e. The molecule has 0 amide bonds. The zero-order valence-corrected chi connectivity index (χ0v) is 12.7. The molecule has 20 heavy (non-hydrogen) atoms. The Morgan fingerprint density at radius 3 is 2.35 bits per heavy atom. The summed E-state index contributed by atoms with van der Waals surface area (Å²) in [6, 6.07) is 13.0. The lowest BCUT2D eigenvalue weighted by molar-refractivity contribution is 0.147. The van der Waals surface area contributed by atoms with Crippen molar-refractivity contribution in [1.29, 1.82) is 0 Å². The second kappa shape index (κ2) is 6.59. The lowest BCUT2D eigenvalue weighted by Crippen LogP contribution is -2.20.